The smallest absolute Gasteiger partial charge is 0.305 e. The number of unbranched alkanes of at least 4 members (excludes halogenated alkanes) is 1. The zero-order valence-electron chi connectivity index (χ0n) is 14.6. The number of rotatable bonds is 11. The highest BCUT2D eigenvalue weighted by atomic mass is 16.5. The van der Waals surface area contributed by atoms with Crippen molar-refractivity contribution in [2.24, 2.45) is 11.0 Å². The molecule has 0 unspecified atom stereocenters. The summed E-state index contributed by atoms with van der Waals surface area (Å²) in [5.41, 5.74) is 0. The van der Waals surface area contributed by atoms with Gasteiger partial charge in [0.25, 0.3) is 0 Å². The van der Waals surface area contributed by atoms with E-state index in [1.807, 2.05) is 32.1 Å². The Morgan fingerprint density at radius 2 is 1.61 bits per heavy atom. The molecule has 0 radical (unpaired) electrons. The molecule has 0 fully saturated rings. The van der Waals surface area contributed by atoms with Crippen molar-refractivity contribution < 1.29 is 19.1 Å². The van der Waals surface area contributed by atoms with Crippen LogP contribution in [0.2, 0.25) is 0 Å². The van der Waals surface area contributed by atoms with Crippen LogP contribution in [0.1, 0.15) is 58.8 Å². The Hall–Kier alpha value is -1.59. The van der Waals surface area contributed by atoms with Crippen LogP contribution in [0.25, 0.3) is 0 Å². The van der Waals surface area contributed by atoms with Crippen molar-refractivity contribution in [3.05, 3.63) is 0 Å². The normalized spacial score (nSPS) is 19.9. The minimum Gasteiger partial charge on any atom is -0.466 e. The first-order valence-corrected chi connectivity index (χ1v) is 8.66. The van der Waals surface area contributed by atoms with Crippen molar-refractivity contribution in [3.8, 4) is 0 Å². The van der Waals surface area contributed by atoms with E-state index in [1.165, 1.54) is 0 Å². The van der Waals surface area contributed by atoms with Crippen molar-refractivity contribution in [2.75, 3.05) is 20.3 Å². The second-order valence-corrected chi connectivity index (χ2v) is 5.82. The summed E-state index contributed by atoms with van der Waals surface area (Å²) in [6, 6.07) is 0.361. The molecule has 0 spiro atoms. The summed E-state index contributed by atoms with van der Waals surface area (Å²) in [5.74, 6) is 0.133. The van der Waals surface area contributed by atoms with E-state index in [4.69, 9.17) is 9.47 Å². The maximum atomic E-state index is 11.4. The second-order valence-electron chi connectivity index (χ2n) is 5.82. The van der Waals surface area contributed by atoms with Gasteiger partial charge in [-0.15, -0.1) is 0 Å². The molecule has 132 valence electrons. The van der Waals surface area contributed by atoms with Crippen molar-refractivity contribution in [2.45, 2.75) is 64.8 Å². The number of hydrogen-bond donors (Lipinski definition) is 0. The number of hydrogen-bond acceptors (Lipinski definition) is 6. The summed E-state index contributed by atoms with van der Waals surface area (Å²) in [6.45, 7) is 4.53. The minimum absolute atomic E-state index is 0.116. The number of carbonyl (C=O) groups is 2. The van der Waals surface area contributed by atoms with Crippen molar-refractivity contribution in [1.29, 1.82) is 0 Å². The quantitative estimate of drug-likeness (QED) is 0.431. The van der Waals surface area contributed by atoms with Crippen LogP contribution in [-0.2, 0) is 19.1 Å². The van der Waals surface area contributed by atoms with Gasteiger partial charge in [0.1, 0.15) is 0 Å². The predicted molar refractivity (Wildman–Crippen MR) is 89.1 cm³/mol. The van der Waals surface area contributed by atoms with E-state index in [-0.39, 0.29) is 11.9 Å². The molecule has 23 heavy (non-hydrogen) atoms. The molecule has 0 aliphatic carbocycles. The fourth-order valence-corrected chi connectivity index (χ4v) is 2.89. The number of nitrogens with zero attached hydrogens (tertiary/aromatic N) is 2. The van der Waals surface area contributed by atoms with Crippen LogP contribution in [-0.4, -0.2) is 49.5 Å². The Morgan fingerprint density at radius 1 is 1.00 bits per heavy atom. The molecule has 0 bridgehead atoms. The van der Waals surface area contributed by atoms with Crippen molar-refractivity contribution in [3.63, 3.8) is 0 Å². The third-order valence-electron chi connectivity index (χ3n) is 4.07. The Labute approximate surface area is 139 Å². The summed E-state index contributed by atoms with van der Waals surface area (Å²) < 4.78 is 9.88. The Morgan fingerprint density at radius 3 is 2.22 bits per heavy atom. The van der Waals surface area contributed by atoms with Crippen LogP contribution in [0.3, 0.4) is 0 Å². The highest BCUT2D eigenvalue weighted by Crippen LogP contribution is 2.25. The van der Waals surface area contributed by atoms with Crippen LogP contribution in [0.5, 0.6) is 0 Å². The molecule has 0 saturated heterocycles. The Kier molecular flexibility index (Phi) is 9.33. The minimum atomic E-state index is -0.123. The first-order valence-electron chi connectivity index (χ1n) is 8.66. The summed E-state index contributed by atoms with van der Waals surface area (Å²) >= 11 is 0. The molecular formula is C17H30N2O4. The van der Waals surface area contributed by atoms with Gasteiger partial charge in [-0.1, -0.05) is 6.42 Å². The maximum absolute atomic E-state index is 11.4. The molecule has 0 aromatic rings. The molecule has 0 N–H and O–H groups in total. The molecule has 6 heteroatoms. The molecular weight excluding hydrogens is 296 g/mol. The summed E-state index contributed by atoms with van der Waals surface area (Å²) in [6.07, 6.45) is 7.53. The van der Waals surface area contributed by atoms with Crippen molar-refractivity contribution in [1.82, 2.24) is 5.01 Å². The van der Waals surface area contributed by atoms with Gasteiger partial charge in [0.15, 0.2) is 0 Å². The van der Waals surface area contributed by atoms with Crippen LogP contribution >= 0.6 is 0 Å². The molecule has 1 rings (SSSR count). The van der Waals surface area contributed by atoms with Gasteiger partial charge in [-0.25, -0.2) is 0 Å². The van der Waals surface area contributed by atoms with Crippen LogP contribution < -0.4 is 0 Å². The van der Waals surface area contributed by atoms with E-state index < -0.39 is 0 Å². The molecule has 6 nitrogen and oxygen atoms in total. The lowest BCUT2D eigenvalue weighted by atomic mass is 9.91. The third kappa shape index (κ3) is 7.48. The first kappa shape index (κ1) is 19.5. The average Bonchev–Trinajstić information content (AvgIpc) is 2.85. The highest BCUT2D eigenvalue weighted by Gasteiger charge is 2.27. The molecule has 0 amide bonds. The van der Waals surface area contributed by atoms with Crippen LogP contribution in [0.15, 0.2) is 5.10 Å². The van der Waals surface area contributed by atoms with Gasteiger partial charge in [-0.3, -0.25) is 14.6 Å². The standard InChI is InChI=1S/C17H30N2O4/c1-4-22-16(20)11-7-6-10-15-14(13-18-19(15)3)9-8-12-17(21)23-5-2/h13-15H,4-12H2,1-3H3/t14-,15+/m1/s1. The van der Waals surface area contributed by atoms with E-state index >= 15 is 0 Å². The largest absolute Gasteiger partial charge is 0.466 e. The molecule has 1 aliphatic heterocycles. The van der Waals surface area contributed by atoms with Crippen LogP contribution in [0, 0.1) is 5.92 Å². The Balaban J connectivity index is 2.24. The predicted octanol–water partition coefficient (Wildman–Crippen LogP) is 2.76. The summed E-state index contributed by atoms with van der Waals surface area (Å²) in [5, 5.41) is 6.38. The lowest BCUT2D eigenvalue weighted by molar-refractivity contribution is -0.144. The lowest BCUT2D eigenvalue weighted by Gasteiger charge is -2.24. The van der Waals surface area contributed by atoms with E-state index in [9.17, 15) is 9.59 Å². The fourth-order valence-electron chi connectivity index (χ4n) is 2.89. The lowest BCUT2D eigenvalue weighted by Crippen LogP contribution is -2.29. The van der Waals surface area contributed by atoms with Gasteiger partial charge >= 0.3 is 11.9 Å². The van der Waals surface area contributed by atoms with Gasteiger partial charge < -0.3 is 9.47 Å². The SMILES string of the molecule is CCOC(=O)CCCC[C@H]1[C@H](CCCC(=O)OCC)C=NN1C. The molecule has 1 aliphatic rings. The molecule has 0 aromatic heterocycles. The van der Waals surface area contributed by atoms with Crippen LogP contribution in [0.4, 0.5) is 0 Å². The number of carbonyl (C=O) groups excluding carboxylic acids is 2. The summed E-state index contributed by atoms with van der Waals surface area (Å²) in [7, 11) is 1.98. The first-order chi connectivity index (χ1) is 11.1. The van der Waals surface area contributed by atoms with E-state index in [0.29, 0.717) is 38.0 Å². The zero-order chi connectivity index (χ0) is 17.1. The van der Waals surface area contributed by atoms with E-state index in [0.717, 1.165) is 32.1 Å². The van der Waals surface area contributed by atoms with Gasteiger partial charge in [0.05, 0.1) is 19.3 Å². The van der Waals surface area contributed by atoms with Crippen molar-refractivity contribution >= 4 is 18.2 Å². The average molecular weight is 326 g/mol. The molecule has 0 aromatic carbocycles. The number of ether oxygens (including phenoxy) is 2. The number of hydrazone groups is 1. The maximum Gasteiger partial charge on any atom is 0.305 e. The summed E-state index contributed by atoms with van der Waals surface area (Å²) in [4.78, 5) is 22.7. The van der Waals surface area contributed by atoms with Gasteiger partial charge in [0.2, 0.25) is 0 Å². The molecule has 2 atom stereocenters. The Bertz CT molecular complexity index is 398. The molecule has 0 saturated carbocycles. The fraction of sp³-hybridized carbons (Fsp3) is 0.824. The van der Waals surface area contributed by atoms with Gasteiger partial charge in [0, 0.05) is 32.0 Å². The topological polar surface area (TPSA) is 68.2 Å². The van der Waals surface area contributed by atoms with E-state index in [2.05, 4.69) is 5.10 Å². The highest BCUT2D eigenvalue weighted by molar-refractivity contribution is 5.69. The monoisotopic (exact) mass is 326 g/mol. The zero-order valence-corrected chi connectivity index (χ0v) is 14.6. The second kappa shape index (κ2) is 11.0. The van der Waals surface area contributed by atoms with Gasteiger partial charge in [-0.2, -0.15) is 5.10 Å². The van der Waals surface area contributed by atoms with E-state index in [1.54, 1.807) is 0 Å². The number of esters is 2. The van der Waals surface area contributed by atoms with Gasteiger partial charge in [-0.05, 0) is 39.5 Å². The molecule has 1 heterocycles. The third-order valence-corrected chi connectivity index (χ3v) is 4.07.